The highest BCUT2D eigenvalue weighted by molar-refractivity contribution is 5.99. The summed E-state index contributed by atoms with van der Waals surface area (Å²) in [6.07, 6.45) is 2.73. The van der Waals surface area contributed by atoms with Crippen molar-refractivity contribution in [3.05, 3.63) is 36.0 Å². The van der Waals surface area contributed by atoms with E-state index in [1.807, 2.05) is 51.7 Å². The Balaban J connectivity index is 1.35. The average Bonchev–Trinajstić information content (AvgIpc) is 3.40. The fourth-order valence-corrected chi connectivity index (χ4v) is 4.91. The number of benzene rings is 1. The number of aromatic nitrogens is 1. The molecule has 0 saturated carbocycles. The summed E-state index contributed by atoms with van der Waals surface area (Å²) in [5.41, 5.74) is 1.75. The highest BCUT2D eigenvalue weighted by atomic mass is 16.5. The lowest BCUT2D eigenvalue weighted by Crippen LogP contribution is -2.48. The van der Waals surface area contributed by atoms with E-state index in [-0.39, 0.29) is 29.9 Å². The summed E-state index contributed by atoms with van der Waals surface area (Å²) in [7, 11) is 1.93. The second-order valence-corrected chi connectivity index (χ2v) is 8.03. The summed E-state index contributed by atoms with van der Waals surface area (Å²) in [5, 5.41) is 1.07. The lowest BCUT2D eigenvalue weighted by molar-refractivity contribution is -0.137. The zero-order chi connectivity index (χ0) is 18.5. The van der Waals surface area contributed by atoms with Gasteiger partial charge in [-0.05, 0) is 31.4 Å². The molecule has 1 aromatic carbocycles. The smallest absolute Gasteiger partial charge is 0.270 e. The van der Waals surface area contributed by atoms with Gasteiger partial charge in [-0.15, -0.1) is 0 Å². The maximum absolute atomic E-state index is 13.2. The molecule has 2 amide bonds. The van der Waals surface area contributed by atoms with E-state index in [1.165, 1.54) is 0 Å². The molecule has 3 saturated heterocycles. The molecule has 6 heteroatoms. The number of hydrogen-bond acceptors (Lipinski definition) is 3. The highest BCUT2D eigenvalue weighted by Gasteiger charge is 2.47. The Kier molecular flexibility index (Phi) is 3.97. The predicted octanol–water partition coefficient (Wildman–Crippen LogP) is 2.03. The van der Waals surface area contributed by atoms with Gasteiger partial charge in [0.15, 0.2) is 0 Å². The third-order valence-electron chi connectivity index (χ3n) is 6.35. The minimum absolute atomic E-state index is 0.0288. The minimum Gasteiger partial charge on any atom is -0.370 e. The van der Waals surface area contributed by atoms with Crippen molar-refractivity contribution in [2.24, 2.45) is 13.0 Å². The molecule has 0 aliphatic carbocycles. The molecular weight excluding hydrogens is 342 g/mol. The molecule has 27 heavy (non-hydrogen) atoms. The highest BCUT2D eigenvalue weighted by Crippen LogP contribution is 2.34. The second kappa shape index (κ2) is 6.37. The lowest BCUT2D eigenvalue weighted by atomic mass is 9.99. The molecule has 4 heterocycles. The van der Waals surface area contributed by atoms with E-state index in [1.54, 1.807) is 0 Å². The van der Waals surface area contributed by atoms with Gasteiger partial charge in [0.2, 0.25) is 5.91 Å². The second-order valence-electron chi connectivity index (χ2n) is 8.03. The summed E-state index contributed by atoms with van der Waals surface area (Å²) < 4.78 is 8.01. The number of nitrogens with zero attached hydrogens (tertiary/aromatic N) is 3. The van der Waals surface area contributed by atoms with Crippen LogP contribution in [0.4, 0.5) is 0 Å². The van der Waals surface area contributed by atoms with E-state index in [0.29, 0.717) is 18.8 Å². The van der Waals surface area contributed by atoms with E-state index in [2.05, 4.69) is 0 Å². The third-order valence-corrected chi connectivity index (χ3v) is 6.35. The molecule has 2 aromatic rings. The largest absolute Gasteiger partial charge is 0.370 e. The average molecular weight is 367 g/mol. The van der Waals surface area contributed by atoms with Gasteiger partial charge in [-0.3, -0.25) is 9.59 Å². The van der Waals surface area contributed by atoms with Crippen LogP contribution in [0, 0.1) is 5.92 Å². The van der Waals surface area contributed by atoms with Gasteiger partial charge in [-0.1, -0.05) is 18.2 Å². The van der Waals surface area contributed by atoms with Gasteiger partial charge in [0, 0.05) is 44.1 Å². The molecule has 2 bridgehead atoms. The number of morpholine rings is 1. The quantitative estimate of drug-likeness (QED) is 0.816. The fourth-order valence-electron chi connectivity index (χ4n) is 4.91. The number of carbonyl (C=O) groups is 2. The fraction of sp³-hybridized carbons (Fsp3) is 0.524. The number of amides is 2. The summed E-state index contributed by atoms with van der Waals surface area (Å²) in [4.78, 5) is 29.9. The van der Waals surface area contributed by atoms with Crippen molar-refractivity contribution in [1.29, 1.82) is 0 Å². The van der Waals surface area contributed by atoms with Crippen LogP contribution in [0.3, 0.4) is 0 Å². The Bertz CT molecular complexity index is 899. The van der Waals surface area contributed by atoms with Crippen molar-refractivity contribution >= 4 is 22.7 Å². The van der Waals surface area contributed by atoms with Gasteiger partial charge in [-0.25, -0.2) is 0 Å². The molecule has 142 valence electrons. The number of para-hydroxylation sites is 1. The van der Waals surface area contributed by atoms with Crippen molar-refractivity contribution in [2.75, 3.05) is 26.2 Å². The van der Waals surface area contributed by atoms with E-state index in [0.717, 1.165) is 43.3 Å². The van der Waals surface area contributed by atoms with Crippen LogP contribution in [0.25, 0.3) is 10.9 Å². The van der Waals surface area contributed by atoms with Crippen LogP contribution < -0.4 is 0 Å². The summed E-state index contributed by atoms with van der Waals surface area (Å²) in [5.74, 6) is 0.151. The lowest BCUT2D eigenvalue weighted by Gasteiger charge is -2.33. The zero-order valence-electron chi connectivity index (χ0n) is 15.6. The van der Waals surface area contributed by atoms with Crippen LogP contribution >= 0.6 is 0 Å². The Morgan fingerprint density at radius 2 is 1.85 bits per heavy atom. The Morgan fingerprint density at radius 3 is 2.63 bits per heavy atom. The first kappa shape index (κ1) is 16.8. The van der Waals surface area contributed by atoms with Crippen molar-refractivity contribution in [3.8, 4) is 0 Å². The Morgan fingerprint density at radius 1 is 1.07 bits per heavy atom. The standard InChI is InChI=1S/C21H25N3O3/c1-22-17-7-3-2-6-14(17)10-18(22)21(26)24-12-15-11-16(19(13-24)27-15)20(25)23-8-4-5-9-23/h2-3,6-7,10,15-16,19H,4-5,8-9,11-13H2,1H3. The summed E-state index contributed by atoms with van der Waals surface area (Å²) in [6, 6.07) is 9.99. The SMILES string of the molecule is Cn1c(C(=O)N2CC3CC(C(=O)N4CCCC4)C(C2)O3)cc2ccccc21. The first-order valence-corrected chi connectivity index (χ1v) is 9.90. The number of ether oxygens (including phenoxy) is 1. The topological polar surface area (TPSA) is 54.8 Å². The third kappa shape index (κ3) is 2.74. The summed E-state index contributed by atoms with van der Waals surface area (Å²) in [6.45, 7) is 2.80. The van der Waals surface area contributed by atoms with E-state index in [4.69, 9.17) is 4.74 Å². The van der Waals surface area contributed by atoms with E-state index < -0.39 is 0 Å². The van der Waals surface area contributed by atoms with Crippen LogP contribution in [-0.2, 0) is 16.6 Å². The Labute approximate surface area is 158 Å². The number of fused-ring (bicyclic) bond motifs is 3. The molecule has 6 nitrogen and oxygen atoms in total. The van der Waals surface area contributed by atoms with Crippen molar-refractivity contribution in [3.63, 3.8) is 0 Å². The molecule has 0 N–H and O–H groups in total. The molecule has 0 radical (unpaired) electrons. The normalized spacial score (nSPS) is 27.5. The number of aryl methyl sites for hydroxylation is 1. The molecule has 5 rings (SSSR count). The number of hydrogen-bond donors (Lipinski definition) is 0. The molecule has 1 aromatic heterocycles. The van der Waals surface area contributed by atoms with Crippen molar-refractivity contribution < 1.29 is 14.3 Å². The van der Waals surface area contributed by atoms with Gasteiger partial charge >= 0.3 is 0 Å². The number of likely N-dealkylation sites (tertiary alicyclic amines) is 2. The monoisotopic (exact) mass is 367 g/mol. The summed E-state index contributed by atoms with van der Waals surface area (Å²) >= 11 is 0. The van der Waals surface area contributed by atoms with Crippen LogP contribution in [0.5, 0.6) is 0 Å². The van der Waals surface area contributed by atoms with E-state index in [9.17, 15) is 9.59 Å². The number of rotatable bonds is 2. The maximum Gasteiger partial charge on any atom is 0.270 e. The van der Waals surface area contributed by atoms with Crippen molar-refractivity contribution in [2.45, 2.75) is 31.5 Å². The molecule has 3 atom stereocenters. The molecule has 3 aliphatic rings. The number of carbonyl (C=O) groups excluding carboxylic acids is 2. The van der Waals surface area contributed by atoms with Crippen LogP contribution in [0.2, 0.25) is 0 Å². The van der Waals surface area contributed by atoms with Gasteiger partial charge in [0.1, 0.15) is 5.69 Å². The predicted molar refractivity (Wildman–Crippen MR) is 101 cm³/mol. The molecule has 0 spiro atoms. The van der Waals surface area contributed by atoms with Crippen molar-refractivity contribution in [1.82, 2.24) is 14.4 Å². The molecule has 3 unspecified atom stereocenters. The molecular formula is C21H25N3O3. The minimum atomic E-state index is -0.171. The van der Waals surface area contributed by atoms with Gasteiger partial charge in [0.25, 0.3) is 5.91 Å². The maximum atomic E-state index is 13.2. The Hall–Kier alpha value is -2.34. The van der Waals surface area contributed by atoms with E-state index >= 15 is 0 Å². The van der Waals surface area contributed by atoms with Crippen LogP contribution in [0.1, 0.15) is 29.8 Å². The first-order chi connectivity index (χ1) is 13.1. The zero-order valence-corrected chi connectivity index (χ0v) is 15.6. The molecule has 3 aliphatic heterocycles. The van der Waals surface area contributed by atoms with Gasteiger partial charge in [0.05, 0.1) is 18.1 Å². The van der Waals surface area contributed by atoms with Gasteiger partial charge in [-0.2, -0.15) is 0 Å². The van der Waals surface area contributed by atoms with Crippen LogP contribution in [-0.4, -0.2) is 64.6 Å². The first-order valence-electron chi connectivity index (χ1n) is 9.90. The van der Waals surface area contributed by atoms with Gasteiger partial charge < -0.3 is 19.1 Å². The van der Waals surface area contributed by atoms with Crippen LogP contribution in [0.15, 0.2) is 30.3 Å². The molecule has 3 fully saturated rings.